The maximum Gasteiger partial charge on any atom is 0.310 e. The predicted octanol–water partition coefficient (Wildman–Crippen LogP) is 4.45. The number of nitrogens with zero attached hydrogens (tertiary/aromatic N) is 3. The summed E-state index contributed by atoms with van der Waals surface area (Å²) in [4.78, 5) is 24.4. The highest BCUT2D eigenvalue weighted by atomic mass is 16.5. The van der Waals surface area contributed by atoms with Gasteiger partial charge in [-0.2, -0.15) is 0 Å². The summed E-state index contributed by atoms with van der Waals surface area (Å²) >= 11 is 0. The van der Waals surface area contributed by atoms with Crippen LogP contribution in [-0.4, -0.2) is 52.4 Å². The minimum absolute atomic E-state index is 0.0596. The Kier molecular flexibility index (Phi) is 7.86. The molecule has 7 nitrogen and oxygen atoms in total. The molecule has 0 spiro atoms. The zero-order valence-corrected chi connectivity index (χ0v) is 21.7. The third-order valence-corrected chi connectivity index (χ3v) is 6.10. The van der Waals surface area contributed by atoms with Crippen molar-refractivity contribution < 1.29 is 19.4 Å². The SMILES string of the molecule is Cc1ncc(-c2ccc(OC(C)C)cn2)c(N2CCC(C)(C)CC2)c1CC(=O)OCC(C)(C)[OH2+]. The van der Waals surface area contributed by atoms with Crippen molar-refractivity contribution in [2.75, 3.05) is 24.6 Å². The molecule has 0 amide bonds. The summed E-state index contributed by atoms with van der Waals surface area (Å²) in [6.45, 7) is 15.8. The number of hydrogen-bond donors (Lipinski definition) is 0. The Balaban J connectivity index is 2.00. The van der Waals surface area contributed by atoms with Crippen molar-refractivity contribution in [1.82, 2.24) is 9.97 Å². The molecule has 0 saturated carbocycles. The van der Waals surface area contributed by atoms with E-state index < -0.39 is 5.60 Å². The quantitative estimate of drug-likeness (QED) is 0.418. The molecule has 3 rings (SSSR count). The van der Waals surface area contributed by atoms with Crippen molar-refractivity contribution in [3.05, 3.63) is 35.8 Å². The summed E-state index contributed by atoms with van der Waals surface area (Å²) in [6, 6.07) is 3.88. The Morgan fingerprint density at radius 2 is 1.85 bits per heavy atom. The molecule has 1 fully saturated rings. The van der Waals surface area contributed by atoms with Gasteiger partial charge in [0, 0.05) is 50.0 Å². The van der Waals surface area contributed by atoms with Crippen LogP contribution in [0.1, 0.15) is 65.6 Å². The van der Waals surface area contributed by atoms with Gasteiger partial charge in [0.15, 0.2) is 12.2 Å². The number of ether oxygens (including phenoxy) is 2. The van der Waals surface area contributed by atoms with Gasteiger partial charge < -0.3 is 19.5 Å². The van der Waals surface area contributed by atoms with Crippen LogP contribution in [0.25, 0.3) is 11.3 Å². The third-order valence-electron chi connectivity index (χ3n) is 6.10. The molecule has 1 saturated heterocycles. The van der Waals surface area contributed by atoms with Crippen LogP contribution in [0.3, 0.4) is 0 Å². The smallest absolute Gasteiger partial charge is 0.310 e. The van der Waals surface area contributed by atoms with Crippen LogP contribution in [0, 0.1) is 12.3 Å². The van der Waals surface area contributed by atoms with Gasteiger partial charge in [-0.1, -0.05) is 13.8 Å². The van der Waals surface area contributed by atoms with E-state index in [9.17, 15) is 4.79 Å². The van der Waals surface area contributed by atoms with Gasteiger partial charge in [-0.05, 0) is 51.2 Å². The molecule has 1 aliphatic rings. The van der Waals surface area contributed by atoms with E-state index in [0.29, 0.717) is 5.41 Å². The Morgan fingerprint density at radius 3 is 2.41 bits per heavy atom. The highest BCUT2D eigenvalue weighted by Gasteiger charge is 2.30. The molecule has 0 radical (unpaired) electrons. The first kappa shape index (κ1) is 25.9. The van der Waals surface area contributed by atoms with E-state index >= 15 is 0 Å². The minimum atomic E-state index is -0.824. The average molecular weight is 471 g/mol. The second kappa shape index (κ2) is 10.3. The summed E-state index contributed by atoms with van der Waals surface area (Å²) in [6.07, 6.45) is 5.93. The number of aromatic nitrogens is 2. The monoisotopic (exact) mass is 470 g/mol. The van der Waals surface area contributed by atoms with Crippen molar-refractivity contribution in [2.24, 2.45) is 5.41 Å². The fourth-order valence-electron chi connectivity index (χ4n) is 4.07. The molecule has 0 bridgehead atoms. The first-order chi connectivity index (χ1) is 15.8. The van der Waals surface area contributed by atoms with Crippen molar-refractivity contribution in [2.45, 2.75) is 79.4 Å². The van der Waals surface area contributed by atoms with Crippen LogP contribution in [0.15, 0.2) is 24.5 Å². The summed E-state index contributed by atoms with van der Waals surface area (Å²) in [5.41, 5.74) is 3.87. The van der Waals surface area contributed by atoms with Crippen LogP contribution >= 0.6 is 0 Å². The van der Waals surface area contributed by atoms with Crippen LogP contribution in [0.5, 0.6) is 5.75 Å². The second-order valence-electron chi connectivity index (χ2n) is 11.0. The molecule has 34 heavy (non-hydrogen) atoms. The van der Waals surface area contributed by atoms with E-state index in [2.05, 4.69) is 28.7 Å². The standard InChI is InChI=1S/C27H39N3O4/c1-18(2)34-20-8-9-23(29-15-20)22-16-28-19(3)21(14-24(31)33-17-27(6,7)32)25(22)30-12-10-26(4,5)11-13-30/h8-9,15-16,18,32H,10-14,17H2,1-7H3/p+1. The molecule has 2 N–H and O–H groups in total. The number of pyridine rings is 2. The topological polar surface area (TPSA) is 87.5 Å². The predicted molar refractivity (Wildman–Crippen MR) is 136 cm³/mol. The van der Waals surface area contributed by atoms with Crippen molar-refractivity contribution in [3.63, 3.8) is 0 Å². The number of carbonyl (C=O) groups excluding carboxylic acids is 1. The Morgan fingerprint density at radius 1 is 1.18 bits per heavy atom. The van der Waals surface area contributed by atoms with Crippen molar-refractivity contribution in [1.29, 1.82) is 0 Å². The first-order valence-electron chi connectivity index (χ1n) is 12.1. The van der Waals surface area contributed by atoms with Crippen LogP contribution < -0.4 is 9.64 Å². The molecular weight excluding hydrogens is 430 g/mol. The lowest BCUT2D eigenvalue weighted by atomic mass is 9.82. The summed E-state index contributed by atoms with van der Waals surface area (Å²) in [7, 11) is 0. The van der Waals surface area contributed by atoms with E-state index in [1.165, 1.54) is 0 Å². The lowest BCUT2D eigenvalue weighted by molar-refractivity contribution is -0.149. The largest absolute Gasteiger partial charge is 0.489 e. The molecule has 1 aliphatic heterocycles. The van der Waals surface area contributed by atoms with E-state index in [4.69, 9.17) is 14.6 Å². The second-order valence-corrected chi connectivity index (χ2v) is 11.0. The molecule has 0 aromatic carbocycles. The number of piperidine rings is 1. The zero-order chi connectivity index (χ0) is 25.1. The Bertz CT molecular complexity index is 984. The van der Waals surface area contributed by atoms with Crippen LogP contribution in [-0.2, 0) is 16.0 Å². The fourth-order valence-corrected chi connectivity index (χ4v) is 4.07. The van der Waals surface area contributed by atoms with Crippen molar-refractivity contribution >= 4 is 11.7 Å². The Labute approximate surface area is 203 Å². The molecule has 0 atom stereocenters. The first-order valence-corrected chi connectivity index (χ1v) is 12.1. The highest BCUT2D eigenvalue weighted by Crippen LogP contribution is 2.39. The summed E-state index contributed by atoms with van der Waals surface area (Å²) < 4.78 is 11.2. The molecule has 0 unspecified atom stereocenters. The number of aryl methyl sites for hydroxylation is 1. The molecular formula is C27H40N3O4+. The van der Waals surface area contributed by atoms with Crippen LogP contribution in [0.4, 0.5) is 5.69 Å². The summed E-state index contributed by atoms with van der Waals surface area (Å²) in [5, 5.41) is 7.98. The van der Waals surface area contributed by atoms with Crippen molar-refractivity contribution in [3.8, 4) is 17.0 Å². The lowest BCUT2D eigenvalue weighted by Crippen LogP contribution is -2.38. The van der Waals surface area contributed by atoms with E-state index in [1.54, 1.807) is 20.0 Å². The van der Waals surface area contributed by atoms with Crippen LogP contribution in [0.2, 0.25) is 0 Å². The molecule has 0 aliphatic carbocycles. The number of hydrogen-bond acceptors (Lipinski definition) is 6. The van der Waals surface area contributed by atoms with E-state index in [0.717, 1.165) is 59.9 Å². The average Bonchev–Trinajstić information content (AvgIpc) is 2.74. The molecule has 2 aromatic rings. The van der Waals surface area contributed by atoms with Gasteiger partial charge in [-0.15, -0.1) is 0 Å². The molecule has 7 heteroatoms. The number of anilines is 1. The number of rotatable bonds is 8. The van der Waals surface area contributed by atoms with Gasteiger partial charge in [-0.25, -0.2) is 0 Å². The number of carbonyl (C=O) groups is 1. The fraction of sp³-hybridized carbons (Fsp3) is 0.593. The number of esters is 1. The molecule has 3 heterocycles. The van der Waals surface area contributed by atoms with Gasteiger partial charge in [-0.3, -0.25) is 14.8 Å². The maximum absolute atomic E-state index is 12.8. The molecule has 186 valence electrons. The minimum Gasteiger partial charge on any atom is -0.489 e. The zero-order valence-electron chi connectivity index (χ0n) is 21.7. The normalized spacial score (nSPS) is 16.0. The van der Waals surface area contributed by atoms with Gasteiger partial charge in [0.1, 0.15) is 5.75 Å². The van der Waals surface area contributed by atoms with Gasteiger partial charge >= 0.3 is 5.97 Å². The maximum atomic E-state index is 12.8. The third kappa shape index (κ3) is 6.92. The summed E-state index contributed by atoms with van der Waals surface area (Å²) in [5.74, 6) is 0.386. The van der Waals surface area contributed by atoms with Gasteiger partial charge in [0.25, 0.3) is 0 Å². The Hall–Kier alpha value is -2.67. The van der Waals surface area contributed by atoms with Gasteiger partial charge in [0.2, 0.25) is 0 Å². The lowest BCUT2D eigenvalue weighted by Gasteiger charge is -2.40. The van der Waals surface area contributed by atoms with Gasteiger partial charge in [0.05, 0.1) is 30.1 Å². The molecule has 2 aromatic heterocycles. The van der Waals surface area contributed by atoms with E-state index in [1.807, 2.05) is 39.1 Å². The highest BCUT2D eigenvalue weighted by molar-refractivity contribution is 5.84. The van der Waals surface area contributed by atoms with E-state index in [-0.39, 0.29) is 25.1 Å².